The van der Waals surface area contributed by atoms with Crippen molar-refractivity contribution in [3.63, 3.8) is 0 Å². The van der Waals surface area contributed by atoms with E-state index >= 15 is 0 Å². The van der Waals surface area contributed by atoms with Gasteiger partial charge in [-0.15, -0.1) is 0 Å². The quantitative estimate of drug-likeness (QED) is 0.736. The first kappa shape index (κ1) is 11.2. The monoisotopic (exact) mass is 306 g/mol. The van der Waals surface area contributed by atoms with Gasteiger partial charge in [-0.25, -0.2) is 9.18 Å². The normalized spacial score (nSPS) is 11.0. The van der Waals surface area contributed by atoms with Gasteiger partial charge in [0.05, 0.1) is 11.2 Å². The highest BCUT2D eigenvalue weighted by atomic mass is 79.9. The molecule has 2 aromatic carbocycles. The summed E-state index contributed by atoms with van der Waals surface area (Å²) in [6.07, 6.45) is 0. The predicted molar refractivity (Wildman–Crippen MR) is 71.6 cm³/mol. The topological polar surface area (TPSA) is 37.8 Å². The molecule has 3 rings (SSSR count). The molecule has 1 aromatic heterocycles. The van der Waals surface area contributed by atoms with Crippen LogP contribution in [0.25, 0.3) is 16.7 Å². The van der Waals surface area contributed by atoms with Crippen LogP contribution in [-0.2, 0) is 0 Å². The molecule has 5 heteroatoms. The number of benzene rings is 2. The summed E-state index contributed by atoms with van der Waals surface area (Å²) < 4.78 is 15.9. The fourth-order valence-electron chi connectivity index (χ4n) is 1.94. The third kappa shape index (κ3) is 1.67. The Morgan fingerprint density at radius 1 is 1.11 bits per heavy atom. The van der Waals surface area contributed by atoms with Gasteiger partial charge in [-0.1, -0.05) is 22.0 Å². The van der Waals surface area contributed by atoms with Crippen LogP contribution in [-0.4, -0.2) is 9.55 Å². The molecule has 0 amide bonds. The molecule has 1 N–H and O–H groups in total. The van der Waals surface area contributed by atoms with Crippen LogP contribution in [0.1, 0.15) is 0 Å². The van der Waals surface area contributed by atoms with Crippen LogP contribution in [0.15, 0.2) is 51.7 Å². The van der Waals surface area contributed by atoms with E-state index in [1.54, 1.807) is 24.3 Å². The van der Waals surface area contributed by atoms with E-state index in [4.69, 9.17) is 0 Å². The molecular formula is C13H8BrFN2O. The van der Waals surface area contributed by atoms with Gasteiger partial charge in [-0.05, 0) is 36.4 Å². The van der Waals surface area contributed by atoms with Crippen molar-refractivity contribution in [1.29, 1.82) is 0 Å². The zero-order valence-corrected chi connectivity index (χ0v) is 10.7. The van der Waals surface area contributed by atoms with Gasteiger partial charge in [0.25, 0.3) is 0 Å². The Kier molecular flexibility index (Phi) is 2.56. The molecule has 90 valence electrons. The van der Waals surface area contributed by atoms with E-state index in [0.29, 0.717) is 11.2 Å². The van der Waals surface area contributed by atoms with Crippen molar-refractivity contribution in [2.45, 2.75) is 0 Å². The lowest BCUT2D eigenvalue weighted by Crippen LogP contribution is -2.14. The molecule has 0 aliphatic heterocycles. The second-order valence-electron chi connectivity index (χ2n) is 3.88. The molecule has 3 aromatic rings. The van der Waals surface area contributed by atoms with Crippen molar-refractivity contribution in [3.8, 4) is 5.69 Å². The van der Waals surface area contributed by atoms with Gasteiger partial charge in [0, 0.05) is 4.47 Å². The summed E-state index contributed by atoms with van der Waals surface area (Å²) in [7, 11) is 0. The van der Waals surface area contributed by atoms with Gasteiger partial charge in [0.15, 0.2) is 0 Å². The molecule has 0 unspecified atom stereocenters. The average molecular weight is 307 g/mol. The van der Waals surface area contributed by atoms with E-state index in [-0.39, 0.29) is 11.2 Å². The maximum absolute atomic E-state index is 13.6. The van der Waals surface area contributed by atoms with E-state index < -0.39 is 5.82 Å². The standard InChI is InChI=1S/C13H8BrFN2O/c14-8-4-6-9(7-5-8)17-11-3-1-2-10(15)12(11)16-13(17)18/h1-7H,(H,16,18). The van der Waals surface area contributed by atoms with Crippen molar-refractivity contribution in [2.75, 3.05) is 0 Å². The second kappa shape index (κ2) is 4.10. The molecule has 18 heavy (non-hydrogen) atoms. The minimum absolute atomic E-state index is 0.227. The molecule has 0 fully saturated rings. The molecule has 0 spiro atoms. The number of hydrogen-bond acceptors (Lipinski definition) is 1. The molecule has 0 saturated heterocycles. The summed E-state index contributed by atoms with van der Waals surface area (Å²) in [5.74, 6) is -0.430. The zero-order chi connectivity index (χ0) is 12.7. The third-order valence-corrected chi connectivity index (χ3v) is 3.28. The second-order valence-corrected chi connectivity index (χ2v) is 4.79. The molecule has 3 nitrogen and oxygen atoms in total. The van der Waals surface area contributed by atoms with Gasteiger partial charge in [0.1, 0.15) is 11.3 Å². The van der Waals surface area contributed by atoms with Crippen molar-refractivity contribution in [1.82, 2.24) is 9.55 Å². The Labute approximate surface area is 110 Å². The summed E-state index contributed by atoms with van der Waals surface area (Å²) in [6.45, 7) is 0. The number of aromatic amines is 1. The molecule has 0 saturated carbocycles. The van der Waals surface area contributed by atoms with Crippen LogP contribution in [0.2, 0.25) is 0 Å². The summed E-state index contributed by atoms with van der Waals surface area (Å²) >= 11 is 3.33. The number of imidazole rings is 1. The maximum atomic E-state index is 13.6. The first-order valence-electron chi connectivity index (χ1n) is 5.32. The number of aromatic nitrogens is 2. The van der Waals surface area contributed by atoms with Crippen molar-refractivity contribution in [3.05, 3.63) is 63.2 Å². The number of hydrogen-bond donors (Lipinski definition) is 1. The number of H-pyrrole nitrogens is 1. The smallest absolute Gasteiger partial charge is 0.303 e. The SMILES string of the molecule is O=c1[nH]c2c(F)cccc2n1-c1ccc(Br)cc1. The lowest BCUT2D eigenvalue weighted by Gasteiger charge is -2.03. The molecule has 0 bridgehead atoms. The lowest BCUT2D eigenvalue weighted by molar-refractivity contribution is 0.637. The molecule has 0 radical (unpaired) electrons. The molecule has 0 aliphatic rings. The number of halogens is 2. The Morgan fingerprint density at radius 2 is 1.83 bits per heavy atom. The fraction of sp³-hybridized carbons (Fsp3) is 0. The summed E-state index contributed by atoms with van der Waals surface area (Å²) in [5.41, 5.74) is 1.10. The highest BCUT2D eigenvalue weighted by molar-refractivity contribution is 9.10. The van der Waals surface area contributed by atoms with Crippen LogP contribution in [0.3, 0.4) is 0 Å². The minimum Gasteiger partial charge on any atom is -0.303 e. The third-order valence-electron chi connectivity index (χ3n) is 2.75. The Balaban J connectivity index is 2.35. The van der Waals surface area contributed by atoms with Crippen LogP contribution in [0.5, 0.6) is 0 Å². The van der Waals surface area contributed by atoms with E-state index in [1.807, 2.05) is 12.1 Å². The minimum atomic E-state index is -0.430. The summed E-state index contributed by atoms with van der Waals surface area (Å²) in [6, 6.07) is 11.9. The first-order chi connectivity index (χ1) is 8.66. The van der Waals surface area contributed by atoms with Crippen molar-refractivity contribution in [2.24, 2.45) is 0 Å². The Bertz CT molecular complexity index is 774. The highest BCUT2D eigenvalue weighted by Gasteiger charge is 2.11. The van der Waals surface area contributed by atoms with Crippen molar-refractivity contribution >= 4 is 27.0 Å². The Morgan fingerprint density at radius 3 is 2.56 bits per heavy atom. The van der Waals surface area contributed by atoms with Crippen molar-refractivity contribution < 1.29 is 4.39 Å². The van der Waals surface area contributed by atoms with Gasteiger partial charge in [-0.3, -0.25) is 4.57 Å². The van der Waals surface area contributed by atoms with E-state index in [9.17, 15) is 9.18 Å². The summed E-state index contributed by atoms with van der Waals surface area (Å²) in [4.78, 5) is 14.4. The van der Waals surface area contributed by atoms with E-state index in [0.717, 1.165) is 4.47 Å². The number of fused-ring (bicyclic) bond motifs is 1. The number of para-hydroxylation sites is 1. The molecule has 0 aliphatic carbocycles. The molecule has 0 atom stereocenters. The molecular weight excluding hydrogens is 299 g/mol. The predicted octanol–water partition coefficient (Wildman–Crippen LogP) is 3.22. The van der Waals surface area contributed by atoms with Gasteiger partial charge >= 0.3 is 5.69 Å². The fourth-order valence-corrected chi connectivity index (χ4v) is 2.21. The van der Waals surface area contributed by atoms with Gasteiger partial charge in [-0.2, -0.15) is 0 Å². The van der Waals surface area contributed by atoms with Gasteiger partial charge in [0.2, 0.25) is 0 Å². The average Bonchev–Trinajstić information content (AvgIpc) is 2.69. The van der Waals surface area contributed by atoms with Crippen LogP contribution in [0, 0.1) is 5.82 Å². The maximum Gasteiger partial charge on any atom is 0.331 e. The Hall–Kier alpha value is -1.88. The van der Waals surface area contributed by atoms with E-state index in [1.165, 1.54) is 10.6 Å². The first-order valence-corrected chi connectivity index (χ1v) is 6.11. The zero-order valence-electron chi connectivity index (χ0n) is 9.15. The van der Waals surface area contributed by atoms with E-state index in [2.05, 4.69) is 20.9 Å². The number of nitrogens with zero attached hydrogens (tertiary/aromatic N) is 1. The number of nitrogens with one attached hydrogen (secondary N) is 1. The summed E-state index contributed by atoms with van der Waals surface area (Å²) in [5, 5.41) is 0. The van der Waals surface area contributed by atoms with Gasteiger partial charge < -0.3 is 4.98 Å². The molecule has 1 heterocycles. The lowest BCUT2D eigenvalue weighted by atomic mass is 10.2. The van der Waals surface area contributed by atoms with Crippen LogP contribution in [0.4, 0.5) is 4.39 Å². The van der Waals surface area contributed by atoms with Crippen LogP contribution >= 0.6 is 15.9 Å². The number of rotatable bonds is 1. The highest BCUT2D eigenvalue weighted by Crippen LogP contribution is 2.19. The largest absolute Gasteiger partial charge is 0.331 e. The van der Waals surface area contributed by atoms with Crippen LogP contribution < -0.4 is 5.69 Å².